The van der Waals surface area contributed by atoms with Crippen molar-refractivity contribution in [1.29, 1.82) is 5.41 Å². The van der Waals surface area contributed by atoms with Gasteiger partial charge in [0.2, 0.25) is 0 Å². The summed E-state index contributed by atoms with van der Waals surface area (Å²) in [5.41, 5.74) is 5.07. The Labute approximate surface area is 143 Å². The van der Waals surface area contributed by atoms with Crippen LogP contribution >= 0.6 is 0 Å². The minimum Gasteiger partial charge on any atom is -0.512 e. The first-order valence-corrected chi connectivity index (χ1v) is 8.88. The summed E-state index contributed by atoms with van der Waals surface area (Å²) < 4.78 is 2.32. The van der Waals surface area contributed by atoms with Crippen LogP contribution in [-0.4, -0.2) is 20.4 Å². The van der Waals surface area contributed by atoms with Crippen molar-refractivity contribution in [3.63, 3.8) is 0 Å². The number of aryl methyl sites for hydroxylation is 1. The van der Waals surface area contributed by atoms with Crippen molar-refractivity contribution < 1.29 is 5.11 Å². The number of aliphatic hydroxyl groups excluding tert-OH is 1. The van der Waals surface area contributed by atoms with Gasteiger partial charge in [-0.25, -0.2) is 0 Å². The van der Waals surface area contributed by atoms with Crippen LogP contribution in [0.5, 0.6) is 0 Å². The van der Waals surface area contributed by atoms with Gasteiger partial charge in [0.1, 0.15) is 0 Å². The lowest BCUT2D eigenvalue weighted by Gasteiger charge is -2.22. The third-order valence-electron chi connectivity index (χ3n) is 5.11. The van der Waals surface area contributed by atoms with Gasteiger partial charge in [0.15, 0.2) is 0 Å². The smallest absolute Gasteiger partial charge is 0.0988 e. The van der Waals surface area contributed by atoms with Crippen LogP contribution in [0.25, 0.3) is 16.6 Å². The second kappa shape index (κ2) is 6.80. The van der Waals surface area contributed by atoms with Gasteiger partial charge in [0.25, 0.3) is 0 Å². The van der Waals surface area contributed by atoms with Gasteiger partial charge in [-0.2, -0.15) is 0 Å². The molecule has 0 bridgehead atoms. The van der Waals surface area contributed by atoms with E-state index in [4.69, 9.17) is 5.41 Å². The van der Waals surface area contributed by atoms with Crippen molar-refractivity contribution in [2.24, 2.45) is 5.92 Å². The number of hydrogen-bond acceptors (Lipinski definition) is 3. The number of aliphatic hydroxyl groups is 1. The van der Waals surface area contributed by atoms with Gasteiger partial charge in [0, 0.05) is 35.8 Å². The summed E-state index contributed by atoms with van der Waals surface area (Å²) in [4.78, 5) is 4.62. The molecule has 1 aliphatic rings. The number of aromatic nitrogens is 2. The topological polar surface area (TPSA) is 61.9 Å². The Morgan fingerprint density at radius 1 is 1.29 bits per heavy atom. The lowest BCUT2D eigenvalue weighted by atomic mass is 9.89. The number of fused-ring (bicyclic) bond motifs is 1. The molecule has 0 aliphatic heterocycles. The predicted octanol–water partition coefficient (Wildman–Crippen LogP) is 5.25. The molecule has 0 atom stereocenters. The van der Waals surface area contributed by atoms with Gasteiger partial charge < -0.3 is 15.1 Å². The minimum absolute atomic E-state index is 0.172. The second-order valence-electron chi connectivity index (χ2n) is 7.15. The summed E-state index contributed by atoms with van der Waals surface area (Å²) in [6, 6.07) is 2.07. The molecule has 1 saturated carbocycles. The third-order valence-corrected chi connectivity index (χ3v) is 5.11. The molecule has 1 aliphatic carbocycles. The maximum Gasteiger partial charge on any atom is 0.0988 e. The van der Waals surface area contributed by atoms with E-state index in [0.29, 0.717) is 11.3 Å². The summed E-state index contributed by atoms with van der Waals surface area (Å²) in [6.45, 7) is 6.47. The Balaban J connectivity index is 2.02. The van der Waals surface area contributed by atoms with Gasteiger partial charge in [-0.1, -0.05) is 19.3 Å². The summed E-state index contributed by atoms with van der Waals surface area (Å²) in [5.74, 6) is 0.919. The Bertz CT molecular complexity index is 791. The molecule has 4 heteroatoms. The lowest BCUT2D eigenvalue weighted by Crippen LogP contribution is -2.13. The molecule has 0 amide bonds. The van der Waals surface area contributed by atoms with Gasteiger partial charge in [-0.05, 0) is 51.2 Å². The molecule has 24 heavy (non-hydrogen) atoms. The average molecular weight is 325 g/mol. The Hall–Kier alpha value is -2.10. The fourth-order valence-electron chi connectivity index (χ4n) is 3.97. The van der Waals surface area contributed by atoms with Crippen molar-refractivity contribution >= 4 is 22.3 Å². The van der Waals surface area contributed by atoms with Crippen molar-refractivity contribution in [3.8, 4) is 0 Å². The van der Waals surface area contributed by atoms with E-state index in [2.05, 4.69) is 28.7 Å². The van der Waals surface area contributed by atoms with E-state index >= 15 is 0 Å². The molecular formula is C20H27N3O. The fraction of sp³-hybridized carbons (Fsp3) is 0.500. The van der Waals surface area contributed by atoms with E-state index in [1.54, 1.807) is 20.0 Å². The zero-order valence-electron chi connectivity index (χ0n) is 14.9. The number of nitrogens with one attached hydrogen (secondary N) is 1. The third kappa shape index (κ3) is 3.23. The molecule has 2 aromatic rings. The van der Waals surface area contributed by atoms with Crippen LogP contribution in [0.4, 0.5) is 0 Å². The largest absolute Gasteiger partial charge is 0.512 e. The normalized spacial score (nSPS) is 17.1. The van der Waals surface area contributed by atoms with Crippen LogP contribution in [0, 0.1) is 18.3 Å². The molecule has 1 fully saturated rings. The number of pyridine rings is 1. The molecule has 0 saturated heterocycles. The zero-order valence-corrected chi connectivity index (χ0v) is 14.9. The summed E-state index contributed by atoms with van der Waals surface area (Å²) >= 11 is 0. The number of nitrogens with zero attached hydrogens (tertiary/aromatic N) is 2. The van der Waals surface area contributed by atoms with E-state index < -0.39 is 0 Å². The first-order chi connectivity index (χ1) is 11.5. The Kier molecular flexibility index (Phi) is 4.74. The van der Waals surface area contributed by atoms with E-state index in [9.17, 15) is 5.11 Å². The molecule has 0 unspecified atom stereocenters. The van der Waals surface area contributed by atoms with E-state index in [-0.39, 0.29) is 5.76 Å². The average Bonchev–Trinajstić information content (AvgIpc) is 2.83. The molecule has 2 aromatic heterocycles. The quantitative estimate of drug-likeness (QED) is 0.595. The zero-order chi connectivity index (χ0) is 17.3. The Morgan fingerprint density at radius 3 is 2.62 bits per heavy atom. The molecular weight excluding hydrogens is 298 g/mol. The highest BCUT2D eigenvalue weighted by Crippen LogP contribution is 2.29. The van der Waals surface area contributed by atoms with Gasteiger partial charge in [0.05, 0.1) is 16.8 Å². The highest BCUT2D eigenvalue weighted by Gasteiger charge is 2.17. The number of rotatable bonds is 4. The van der Waals surface area contributed by atoms with E-state index in [1.807, 2.05) is 0 Å². The van der Waals surface area contributed by atoms with Gasteiger partial charge in [-0.3, -0.25) is 4.98 Å². The van der Waals surface area contributed by atoms with Crippen LogP contribution in [0.15, 0.2) is 24.2 Å². The van der Waals surface area contributed by atoms with Crippen LogP contribution in [0.1, 0.15) is 57.1 Å². The molecule has 0 aromatic carbocycles. The highest BCUT2D eigenvalue weighted by atomic mass is 16.3. The second-order valence-corrected chi connectivity index (χ2v) is 7.15. The molecule has 0 radical (unpaired) electrons. The van der Waals surface area contributed by atoms with Crippen molar-refractivity contribution in [2.45, 2.75) is 59.4 Å². The summed E-state index contributed by atoms with van der Waals surface area (Å²) in [6.07, 6.45) is 10.6. The Morgan fingerprint density at radius 2 is 2.00 bits per heavy atom. The van der Waals surface area contributed by atoms with Crippen LogP contribution < -0.4 is 0 Å². The molecule has 3 rings (SSSR count). The molecule has 2 heterocycles. The lowest BCUT2D eigenvalue weighted by molar-refractivity contribution is 0.322. The van der Waals surface area contributed by atoms with Crippen LogP contribution in [0.2, 0.25) is 0 Å². The first-order valence-electron chi connectivity index (χ1n) is 8.88. The summed E-state index contributed by atoms with van der Waals surface area (Å²) in [5, 5.41) is 17.9. The molecule has 4 nitrogen and oxygen atoms in total. The summed E-state index contributed by atoms with van der Waals surface area (Å²) in [7, 11) is 0. The van der Waals surface area contributed by atoms with Crippen LogP contribution in [-0.2, 0) is 6.54 Å². The van der Waals surface area contributed by atoms with Crippen molar-refractivity contribution in [2.75, 3.05) is 0 Å². The van der Waals surface area contributed by atoms with E-state index in [1.165, 1.54) is 37.7 Å². The maximum absolute atomic E-state index is 9.95. The molecule has 2 N–H and O–H groups in total. The molecule has 0 spiro atoms. The van der Waals surface area contributed by atoms with E-state index in [0.717, 1.165) is 29.1 Å². The van der Waals surface area contributed by atoms with Crippen molar-refractivity contribution in [3.05, 3.63) is 35.3 Å². The molecule has 128 valence electrons. The predicted molar refractivity (Wildman–Crippen MR) is 99.7 cm³/mol. The number of allylic oxidation sites excluding steroid dienone is 2. The van der Waals surface area contributed by atoms with Gasteiger partial charge in [-0.15, -0.1) is 0 Å². The monoisotopic (exact) mass is 325 g/mol. The minimum atomic E-state index is 0.172. The SMILES string of the molecule is CC(=N)/C(=C(/C)O)c1cnc2c(C)cn(CC3CCCCC3)c2c1. The van der Waals surface area contributed by atoms with Crippen molar-refractivity contribution in [1.82, 2.24) is 9.55 Å². The maximum atomic E-state index is 9.95. The number of hydrogen-bond donors (Lipinski definition) is 2. The standard InChI is InChI=1S/C20H27N3O/c1-13-11-23(12-16-7-5-4-6-8-16)18-9-17(10-22-20(13)18)19(14(2)21)15(3)24/h9-11,16,21,24H,4-8,12H2,1-3H3/b19-15+,21-14?. The fourth-order valence-corrected chi connectivity index (χ4v) is 3.97. The van der Waals surface area contributed by atoms with Gasteiger partial charge >= 0.3 is 0 Å². The van der Waals surface area contributed by atoms with Crippen LogP contribution in [0.3, 0.4) is 0 Å². The first kappa shape index (κ1) is 16.7. The highest BCUT2D eigenvalue weighted by molar-refractivity contribution is 6.21.